The van der Waals surface area contributed by atoms with Crippen LogP contribution in [0, 0.1) is 23.2 Å². The highest BCUT2D eigenvalue weighted by atomic mass is 14.4. The van der Waals surface area contributed by atoms with Gasteiger partial charge in [0.25, 0.3) is 0 Å². The molecule has 0 aromatic rings. The van der Waals surface area contributed by atoms with Crippen molar-refractivity contribution in [1.29, 1.82) is 5.26 Å². The Morgan fingerprint density at radius 2 is 2.29 bits per heavy atom. The van der Waals surface area contributed by atoms with E-state index in [9.17, 15) is 0 Å². The molecular formula is C6H9N. The molecule has 1 fully saturated rings. The summed E-state index contributed by atoms with van der Waals surface area (Å²) in [6, 6.07) is 2.23. The monoisotopic (exact) mass is 95.1 g/mol. The summed E-state index contributed by atoms with van der Waals surface area (Å²) >= 11 is 0. The lowest BCUT2D eigenvalue weighted by atomic mass is 10.1. The van der Waals surface area contributed by atoms with Crippen molar-refractivity contribution in [2.45, 2.75) is 19.8 Å². The maximum Gasteiger partial charge on any atom is 0.0655 e. The molecule has 1 rings (SSSR count). The van der Waals surface area contributed by atoms with Crippen molar-refractivity contribution in [3.8, 4) is 6.07 Å². The van der Waals surface area contributed by atoms with E-state index in [1.165, 1.54) is 12.8 Å². The summed E-state index contributed by atoms with van der Waals surface area (Å²) in [6.07, 6.45) is 2.57. The zero-order chi connectivity index (χ0) is 5.28. The van der Waals surface area contributed by atoms with Crippen molar-refractivity contribution in [3.63, 3.8) is 0 Å². The summed E-state index contributed by atoms with van der Waals surface area (Å²) in [5.41, 5.74) is 0. The molecule has 1 aliphatic carbocycles. The first-order valence-electron chi connectivity index (χ1n) is 2.74. The van der Waals surface area contributed by atoms with Crippen LogP contribution >= 0.6 is 0 Å². The molecular weight excluding hydrogens is 86.1 g/mol. The van der Waals surface area contributed by atoms with Crippen LogP contribution < -0.4 is 0 Å². The van der Waals surface area contributed by atoms with E-state index in [1.54, 1.807) is 0 Å². The molecule has 1 nitrogen and oxygen atoms in total. The number of hydrogen-bond donors (Lipinski definition) is 0. The highest BCUT2D eigenvalue weighted by Gasteiger charge is 2.27. The summed E-state index contributed by atoms with van der Waals surface area (Å²) in [5, 5.41) is 8.30. The fraction of sp³-hybridized carbons (Fsp3) is 0.833. The van der Waals surface area contributed by atoms with Crippen LogP contribution in [-0.4, -0.2) is 0 Å². The second-order valence-corrected chi connectivity index (χ2v) is 2.26. The quantitative estimate of drug-likeness (QED) is 0.484. The first-order valence-corrected chi connectivity index (χ1v) is 2.74. The van der Waals surface area contributed by atoms with Gasteiger partial charge in [-0.3, -0.25) is 0 Å². The van der Waals surface area contributed by atoms with E-state index in [0.717, 1.165) is 5.92 Å². The first-order chi connectivity index (χ1) is 3.34. The molecule has 1 aliphatic rings. The van der Waals surface area contributed by atoms with Gasteiger partial charge in [-0.25, -0.2) is 0 Å². The lowest BCUT2D eigenvalue weighted by Gasteiger charge is -1.90. The Morgan fingerprint density at radius 1 is 1.71 bits per heavy atom. The van der Waals surface area contributed by atoms with Crippen LogP contribution in [0.3, 0.4) is 0 Å². The Kier molecular flexibility index (Phi) is 1.02. The van der Waals surface area contributed by atoms with Crippen LogP contribution in [0.25, 0.3) is 0 Å². The van der Waals surface area contributed by atoms with Crippen LogP contribution in [0.1, 0.15) is 19.8 Å². The van der Waals surface area contributed by atoms with Crippen molar-refractivity contribution >= 4 is 0 Å². The van der Waals surface area contributed by atoms with Gasteiger partial charge in [-0.15, -0.1) is 0 Å². The maximum absolute atomic E-state index is 8.30. The van der Waals surface area contributed by atoms with Crippen molar-refractivity contribution in [2.75, 3.05) is 0 Å². The van der Waals surface area contributed by atoms with Gasteiger partial charge in [-0.05, 0) is 25.7 Å². The van der Waals surface area contributed by atoms with Crippen molar-refractivity contribution in [1.82, 2.24) is 0 Å². The van der Waals surface area contributed by atoms with Crippen LogP contribution in [-0.2, 0) is 0 Å². The molecule has 0 aromatic heterocycles. The largest absolute Gasteiger partial charge is 0.198 e. The summed E-state index contributed by atoms with van der Waals surface area (Å²) in [6.45, 7) is 2.00. The molecule has 1 heteroatoms. The van der Waals surface area contributed by atoms with Crippen LogP contribution in [0.5, 0.6) is 0 Å². The van der Waals surface area contributed by atoms with Gasteiger partial charge in [-0.1, -0.05) is 0 Å². The lowest BCUT2D eigenvalue weighted by Crippen LogP contribution is -1.89. The minimum absolute atomic E-state index is 0.319. The van der Waals surface area contributed by atoms with E-state index in [0.29, 0.717) is 5.92 Å². The molecule has 0 bridgehead atoms. The number of nitriles is 1. The summed E-state index contributed by atoms with van der Waals surface area (Å²) < 4.78 is 0. The predicted molar refractivity (Wildman–Crippen MR) is 27.5 cm³/mol. The molecule has 0 amide bonds. The van der Waals surface area contributed by atoms with Gasteiger partial charge >= 0.3 is 0 Å². The lowest BCUT2D eigenvalue weighted by molar-refractivity contribution is 0.642. The molecule has 0 saturated heterocycles. The molecule has 1 unspecified atom stereocenters. The number of hydrogen-bond acceptors (Lipinski definition) is 1. The van der Waals surface area contributed by atoms with Gasteiger partial charge in [-0.2, -0.15) is 5.26 Å². The fourth-order valence-electron chi connectivity index (χ4n) is 0.702. The molecule has 0 aliphatic heterocycles. The third-order valence-electron chi connectivity index (χ3n) is 1.53. The normalized spacial score (nSPS) is 23.4. The molecule has 0 radical (unpaired) electrons. The van der Waals surface area contributed by atoms with E-state index < -0.39 is 0 Å². The van der Waals surface area contributed by atoms with Crippen LogP contribution in [0.15, 0.2) is 0 Å². The van der Waals surface area contributed by atoms with Gasteiger partial charge < -0.3 is 0 Å². The second kappa shape index (κ2) is 1.54. The zero-order valence-corrected chi connectivity index (χ0v) is 4.52. The van der Waals surface area contributed by atoms with Gasteiger partial charge in [0.2, 0.25) is 0 Å². The Balaban J connectivity index is 2.27. The topological polar surface area (TPSA) is 23.8 Å². The molecule has 0 aromatic carbocycles. The second-order valence-electron chi connectivity index (χ2n) is 2.26. The van der Waals surface area contributed by atoms with Crippen LogP contribution in [0.4, 0.5) is 0 Å². The van der Waals surface area contributed by atoms with E-state index in [-0.39, 0.29) is 0 Å². The fourth-order valence-corrected chi connectivity index (χ4v) is 0.702. The minimum Gasteiger partial charge on any atom is -0.198 e. The number of nitrogens with zero attached hydrogens (tertiary/aromatic N) is 1. The van der Waals surface area contributed by atoms with Crippen molar-refractivity contribution < 1.29 is 0 Å². The Hall–Kier alpha value is -0.510. The molecule has 38 valence electrons. The predicted octanol–water partition coefficient (Wildman–Crippen LogP) is 1.56. The third-order valence-corrected chi connectivity index (χ3v) is 1.53. The summed E-state index contributed by atoms with van der Waals surface area (Å²) in [5.74, 6) is 1.07. The van der Waals surface area contributed by atoms with Gasteiger partial charge in [0.05, 0.1) is 6.07 Å². The summed E-state index contributed by atoms with van der Waals surface area (Å²) in [7, 11) is 0. The minimum atomic E-state index is 0.319. The average Bonchev–Trinajstić information content (AvgIpc) is 2.44. The Morgan fingerprint density at radius 3 is 2.43 bits per heavy atom. The number of rotatable bonds is 1. The molecule has 1 saturated carbocycles. The standard InChI is InChI=1S/C6H9N/c1-5(4-7)6-2-3-6/h5-6H,2-3H2,1H3. The van der Waals surface area contributed by atoms with Gasteiger partial charge in [0.1, 0.15) is 0 Å². The molecule has 1 atom stereocenters. The molecule has 7 heavy (non-hydrogen) atoms. The first kappa shape index (κ1) is 4.64. The zero-order valence-electron chi connectivity index (χ0n) is 4.52. The average molecular weight is 95.1 g/mol. The maximum atomic E-state index is 8.30. The van der Waals surface area contributed by atoms with E-state index >= 15 is 0 Å². The SMILES string of the molecule is CC(C#N)C1CC1. The molecule has 0 N–H and O–H groups in total. The Labute approximate surface area is 44.0 Å². The Bertz CT molecular complexity index is 97.2. The van der Waals surface area contributed by atoms with Crippen LogP contribution in [0.2, 0.25) is 0 Å². The van der Waals surface area contributed by atoms with E-state index in [2.05, 4.69) is 6.07 Å². The highest BCUT2D eigenvalue weighted by Crippen LogP contribution is 2.35. The molecule has 0 spiro atoms. The molecule has 0 heterocycles. The van der Waals surface area contributed by atoms with E-state index in [4.69, 9.17) is 5.26 Å². The van der Waals surface area contributed by atoms with Crippen molar-refractivity contribution in [2.24, 2.45) is 11.8 Å². The van der Waals surface area contributed by atoms with Gasteiger partial charge in [0, 0.05) is 5.92 Å². The van der Waals surface area contributed by atoms with E-state index in [1.807, 2.05) is 6.92 Å². The highest BCUT2D eigenvalue weighted by molar-refractivity contribution is 4.91. The third kappa shape index (κ3) is 0.928. The smallest absolute Gasteiger partial charge is 0.0655 e. The van der Waals surface area contributed by atoms with Crippen molar-refractivity contribution in [3.05, 3.63) is 0 Å². The van der Waals surface area contributed by atoms with Gasteiger partial charge in [0.15, 0.2) is 0 Å². The summed E-state index contributed by atoms with van der Waals surface area (Å²) in [4.78, 5) is 0.